The lowest BCUT2D eigenvalue weighted by molar-refractivity contribution is 0.102. The van der Waals surface area contributed by atoms with Crippen LogP contribution in [0.1, 0.15) is 40.5 Å². The molecule has 29 heavy (non-hydrogen) atoms. The second-order valence-electron chi connectivity index (χ2n) is 7.14. The van der Waals surface area contributed by atoms with Crippen LogP contribution in [0.5, 0.6) is 0 Å². The second-order valence-corrected chi connectivity index (χ2v) is 7.14. The van der Waals surface area contributed by atoms with E-state index in [9.17, 15) is 13.6 Å². The van der Waals surface area contributed by atoms with Gasteiger partial charge in [0.05, 0.1) is 17.3 Å². The Morgan fingerprint density at radius 1 is 1.24 bits per heavy atom. The van der Waals surface area contributed by atoms with Crippen LogP contribution in [0.4, 0.5) is 14.5 Å². The minimum absolute atomic E-state index is 0.0781. The number of nitrogens with one attached hydrogen (secondary N) is 2. The number of aryl methyl sites for hydroxylation is 1. The van der Waals surface area contributed by atoms with Crippen molar-refractivity contribution in [3.8, 4) is 11.4 Å². The van der Waals surface area contributed by atoms with Gasteiger partial charge in [-0.2, -0.15) is 5.10 Å². The van der Waals surface area contributed by atoms with Crippen LogP contribution in [0.3, 0.4) is 0 Å². The number of pyridine rings is 1. The number of rotatable bonds is 4. The maximum absolute atomic E-state index is 14.6. The quantitative estimate of drug-likeness (QED) is 0.551. The second kappa shape index (κ2) is 6.47. The van der Waals surface area contributed by atoms with Gasteiger partial charge in [0.1, 0.15) is 23.0 Å². The number of amides is 1. The Kier molecular flexibility index (Phi) is 3.90. The van der Waals surface area contributed by atoms with E-state index in [1.807, 2.05) is 0 Å². The molecule has 7 nitrogen and oxygen atoms in total. The zero-order chi connectivity index (χ0) is 20.1. The molecule has 4 aromatic rings. The molecule has 1 fully saturated rings. The Morgan fingerprint density at radius 2 is 2.07 bits per heavy atom. The highest BCUT2D eigenvalue weighted by atomic mass is 19.1. The highest BCUT2D eigenvalue weighted by Gasteiger charge is 2.28. The molecule has 1 amide bonds. The molecule has 0 unspecified atom stereocenters. The molecular weight excluding hydrogens is 378 g/mol. The predicted molar refractivity (Wildman–Crippen MR) is 102 cm³/mol. The summed E-state index contributed by atoms with van der Waals surface area (Å²) in [7, 11) is 0. The number of anilines is 1. The summed E-state index contributed by atoms with van der Waals surface area (Å²) in [4.78, 5) is 15.8. The number of benzene rings is 1. The van der Waals surface area contributed by atoms with Gasteiger partial charge >= 0.3 is 0 Å². The summed E-state index contributed by atoms with van der Waals surface area (Å²) in [5.41, 5.74) is 1.29. The molecule has 1 aromatic carbocycles. The monoisotopic (exact) mass is 394 g/mol. The molecule has 1 saturated carbocycles. The summed E-state index contributed by atoms with van der Waals surface area (Å²) in [5, 5.41) is 14.8. The lowest BCUT2D eigenvalue weighted by atomic mass is 10.1. The summed E-state index contributed by atoms with van der Waals surface area (Å²) in [6.07, 6.45) is 4.94. The smallest absolute Gasteiger partial charge is 0.259 e. The van der Waals surface area contributed by atoms with E-state index in [1.165, 1.54) is 35.0 Å². The average molecular weight is 394 g/mol. The lowest BCUT2D eigenvalue weighted by Crippen LogP contribution is -2.13. The molecule has 0 atom stereocenters. The summed E-state index contributed by atoms with van der Waals surface area (Å²) < 4.78 is 30.0. The van der Waals surface area contributed by atoms with Crippen LogP contribution in [-0.4, -0.2) is 30.7 Å². The molecule has 3 heterocycles. The van der Waals surface area contributed by atoms with Gasteiger partial charge in [-0.05, 0) is 49.6 Å². The van der Waals surface area contributed by atoms with Crippen molar-refractivity contribution in [1.29, 1.82) is 0 Å². The first-order valence-electron chi connectivity index (χ1n) is 9.17. The van der Waals surface area contributed by atoms with Gasteiger partial charge in [0.25, 0.3) is 5.91 Å². The number of nitrogens with zero attached hydrogens (tertiary/aromatic N) is 4. The molecule has 0 bridgehead atoms. The number of H-pyrrole nitrogens is 1. The molecule has 0 radical (unpaired) electrons. The molecule has 9 heteroatoms. The molecule has 1 aliphatic rings. The summed E-state index contributed by atoms with van der Waals surface area (Å²) in [6, 6.07) is 5.58. The summed E-state index contributed by atoms with van der Waals surface area (Å²) in [5.74, 6) is -0.160. The molecule has 1 aliphatic carbocycles. The van der Waals surface area contributed by atoms with Crippen molar-refractivity contribution in [2.24, 2.45) is 0 Å². The van der Waals surface area contributed by atoms with Crippen LogP contribution in [0.25, 0.3) is 16.9 Å². The largest absolute Gasteiger partial charge is 0.325 e. The van der Waals surface area contributed by atoms with Gasteiger partial charge in [0.15, 0.2) is 5.82 Å². The molecule has 0 aliphatic heterocycles. The van der Waals surface area contributed by atoms with Crippen LogP contribution in [0.15, 0.2) is 36.7 Å². The van der Waals surface area contributed by atoms with E-state index in [1.54, 1.807) is 13.1 Å². The first kappa shape index (κ1) is 17.5. The van der Waals surface area contributed by atoms with E-state index in [-0.39, 0.29) is 16.6 Å². The van der Waals surface area contributed by atoms with Gasteiger partial charge in [0.2, 0.25) is 0 Å². The number of carbonyl (C=O) groups is 1. The van der Waals surface area contributed by atoms with Crippen molar-refractivity contribution in [1.82, 2.24) is 24.8 Å². The molecule has 146 valence electrons. The molecule has 0 spiro atoms. The van der Waals surface area contributed by atoms with Crippen molar-refractivity contribution in [3.63, 3.8) is 0 Å². The maximum Gasteiger partial charge on any atom is 0.259 e. The molecule has 0 saturated heterocycles. The number of aromatic nitrogens is 5. The average Bonchev–Trinajstić information content (AvgIpc) is 3.25. The molecule has 3 aromatic heterocycles. The van der Waals surface area contributed by atoms with Gasteiger partial charge < -0.3 is 10.3 Å². The summed E-state index contributed by atoms with van der Waals surface area (Å²) >= 11 is 0. The lowest BCUT2D eigenvalue weighted by Gasteiger charge is -2.10. The molecule has 5 rings (SSSR count). The number of aromatic amines is 1. The zero-order valence-corrected chi connectivity index (χ0v) is 15.4. The Balaban J connectivity index is 1.49. The number of carbonyl (C=O) groups excluding carboxylic acids is 1. The van der Waals surface area contributed by atoms with Crippen molar-refractivity contribution in [2.75, 3.05) is 5.32 Å². The number of hydrogen-bond acceptors (Lipinski definition) is 4. The Hall–Kier alpha value is -3.62. The summed E-state index contributed by atoms with van der Waals surface area (Å²) in [6.45, 7) is 1.68. The van der Waals surface area contributed by atoms with E-state index in [2.05, 4.69) is 25.6 Å². The van der Waals surface area contributed by atoms with Gasteiger partial charge in [0, 0.05) is 17.8 Å². The number of halogens is 2. The van der Waals surface area contributed by atoms with Crippen molar-refractivity contribution >= 4 is 17.1 Å². The van der Waals surface area contributed by atoms with E-state index in [0.29, 0.717) is 23.0 Å². The number of fused-ring (bicyclic) bond motifs is 1. The van der Waals surface area contributed by atoms with E-state index in [0.717, 1.165) is 18.7 Å². The van der Waals surface area contributed by atoms with Crippen LogP contribution in [0.2, 0.25) is 0 Å². The van der Waals surface area contributed by atoms with Gasteiger partial charge in [-0.3, -0.25) is 4.79 Å². The standard InChI is InChI=1S/C20H16F2N6O/c1-10-7-15(22)12(19-25-18(26-27-19)11-4-5-11)8-16(10)24-20(29)13-9-23-28-6-2-3-14(21)17(13)28/h2-3,6-9,11H,4-5H2,1H3,(H,24,29)(H,25,26,27). The Morgan fingerprint density at radius 3 is 2.86 bits per heavy atom. The fourth-order valence-corrected chi connectivity index (χ4v) is 3.28. The van der Waals surface area contributed by atoms with Crippen molar-refractivity contribution in [3.05, 3.63) is 65.2 Å². The fourth-order valence-electron chi connectivity index (χ4n) is 3.28. The van der Waals surface area contributed by atoms with E-state index in [4.69, 9.17) is 0 Å². The predicted octanol–water partition coefficient (Wildman–Crippen LogP) is 3.84. The highest BCUT2D eigenvalue weighted by molar-refractivity contribution is 6.09. The third-order valence-electron chi connectivity index (χ3n) is 5.02. The van der Waals surface area contributed by atoms with Crippen molar-refractivity contribution < 1.29 is 13.6 Å². The fraction of sp³-hybridized carbons (Fsp3) is 0.200. The normalized spacial score (nSPS) is 13.8. The third-order valence-corrected chi connectivity index (χ3v) is 5.02. The van der Waals surface area contributed by atoms with Crippen LogP contribution in [0, 0.1) is 18.6 Å². The Labute approximate surface area is 163 Å². The third kappa shape index (κ3) is 3.04. The topological polar surface area (TPSA) is 88.0 Å². The highest BCUT2D eigenvalue weighted by Crippen LogP contribution is 2.38. The minimum Gasteiger partial charge on any atom is -0.325 e. The first-order chi connectivity index (χ1) is 14.0. The maximum atomic E-state index is 14.6. The van der Waals surface area contributed by atoms with Crippen LogP contribution in [-0.2, 0) is 0 Å². The zero-order valence-electron chi connectivity index (χ0n) is 15.4. The van der Waals surface area contributed by atoms with Gasteiger partial charge in [-0.1, -0.05) is 0 Å². The molecule has 2 N–H and O–H groups in total. The minimum atomic E-state index is -0.555. The SMILES string of the molecule is Cc1cc(F)c(-c2nnc(C3CC3)[nH]2)cc1NC(=O)c1cnn2cccc(F)c12. The van der Waals surface area contributed by atoms with Gasteiger partial charge in [-0.25, -0.2) is 13.3 Å². The van der Waals surface area contributed by atoms with Crippen LogP contribution < -0.4 is 5.32 Å². The van der Waals surface area contributed by atoms with Crippen LogP contribution >= 0.6 is 0 Å². The van der Waals surface area contributed by atoms with Crippen molar-refractivity contribution in [2.45, 2.75) is 25.7 Å². The van der Waals surface area contributed by atoms with E-state index < -0.39 is 17.5 Å². The van der Waals surface area contributed by atoms with Gasteiger partial charge in [-0.15, -0.1) is 10.2 Å². The number of hydrogen-bond donors (Lipinski definition) is 2. The first-order valence-corrected chi connectivity index (χ1v) is 9.17. The van der Waals surface area contributed by atoms with E-state index >= 15 is 0 Å². The Bertz CT molecular complexity index is 1260. The molecular formula is C20H16F2N6O.